The van der Waals surface area contributed by atoms with Crippen LogP contribution in [0.5, 0.6) is 0 Å². The van der Waals surface area contributed by atoms with Gasteiger partial charge in [0.2, 0.25) is 0 Å². The average Bonchev–Trinajstić information content (AvgIpc) is 2.33. The van der Waals surface area contributed by atoms with Gasteiger partial charge in [0.15, 0.2) is 0 Å². The van der Waals surface area contributed by atoms with Gasteiger partial charge in [-0.3, -0.25) is 4.57 Å². The first-order valence-electron chi connectivity index (χ1n) is 5.29. The monoisotopic (exact) mass is 354 g/mol. The van der Waals surface area contributed by atoms with Crippen LogP contribution in [0.2, 0.25) is 0 Å². The van der Waals surface area contributed by atoms with E-state index in [1.54, 1.807) is 0 Å². The lowest BCUT2D eigenvalue weighted by Gasteiger charge is -2.33. The van der Waals surface area contributed by atoms with E-state index >= 15 is 0 Å². The average molecular weight is 355 g/mol. The van der Waals surface area contributed by atoms with Gasteiger partial charge in [-0.2, -0.15) is 0 Å². The van der Waals surface area contributed by atoms with Crippen molar-refractivity contribution in [3.8, 4) is 0 Å². The molecule has 0 bridgehead atoms. The molecule has 0 N–H and O–H groups in total. The Balaban J connectivity index is 0. The highest BCUT2D eigenvalue weighted by Crippen LogP contribution is 2.48. The maximum absolute atomic E-state index is 11.4. The molecular weight excluding hydrogens is 337 g/mol. The first-order valence-corrected chi connectivity index (χ1v) is 9.58. The molecule has 0 aliphatic rings. The molecule has 0 aromatic heterocycles. The molecule has 116 valence electrons. The molecular formula is C9H18Cl2O6P2-2. The Morgan fingerprint density at radius 1 is 1.16 bits per heavy atom. The largest absolute Gasteiger partial charge is 0.811 e. The van der Waals surface area contributed by atoms with Crippen LogP contribution in [0.1, 0.15) is 13.8 Å². The summed E-state index contributed by atoms with van der Waals surface area (Å²) in [5, 5.41) is 0. The van der Waals surface area contributed by atoms with Crippen LogP contribution in [0, 0.1) is 0 Å². The van der Waals surface area contributed by atoms with Gasteiger partial charge < -0.3 is 23.4 Å². The molecule has 0 aromatic carbocycles. The van der Waals surface area contributed by atoms with Crippen molar-refractivity contribution in [1.82, 2.24) is 0 Å². The molecule has 0 saturated carbocycles. The fourth-order valence-electron chi connectivity index (χ4n) is 0.466. The zero-order valence-corrected chi connectivity index (χ0v) is 14.1. The molecule has 0 heterocycles. The summed E-state index contributed by atoms with van der Waals surface area (Å²) in [6, 6.07) is 0. The Bertz CT molecular complexity index is 319. The standard InChI is InChI=1S/C6H11Cl2O3P.C3H9O3P/c1-2-12(9,10-5-3-7)11-6-4-8;1-3(2)7(4,5)6/h2H,1,3-6H2;3H,1-2H3,(H2,4,5,6)/p-2. The number of alkyl halides is 2. The maximum Gasteiger partial charge on any atom is 0.353 e. The normalized spacial score (nSPS) is 11.9. The second-order valence-corrected chi connectivity index (χ2v) is 8.23. The molecule has 10 heteroatoms. The lowest BCUT2D eigenvalue weighted by molar-refractivity contribution is -0.315. The van der Waals surface area contributed by atoms with E-state index in [2.05, 4.69) is 6.58 Å². The summed E-state index contributed by atoms with van der Waals surface area (Å²) in [6.07, 6.45) is 0. The van der Waals surface area contributed by atoms with Crippen LogP contribution in [-0.2, 0) is 18.2 Å². The molecule has 0 radical (unpaired) electrons. The summed E-state index contributed by atoms with van der Waals surface area (Å²) in [4.78, 5) is 19.6. The SMILES string of the molecule is C=CP(=O)(OCCCl)OCCCl.CC(C)P(=O)([O-])[O-]. The fourth-order valence-corrected chi connectivity index (χ4v) is 1.81. The van der Waals surface area contributed by atoms with Gasteiger partial charge in [-0.1, -0.05) is 28.0 Å². The molecule has 0 aliphatic heterocycles. The van der Waals surface area contributed by atoms with E-state index < -0.39 is 20.9 Å². The third kappa shape index (κ3) is 13.4. The highest BCUT2D eigenvalue weighted by molar-refractivity contribution is 7.57. The molecule has 0 atom stereocenters. The summed E-state index contributed by atoms with van der Waals surface area (Å²) in [6.45, 7) is 6.41. The predicted molar refractivity (Wildman–Crippen MR) is 73.9 cm³/mol. The van der Waals surface area contributed by atoms with Gasteiger partial charge in [0.05, 0.1) is 13.2 Å². The van der Waals surface area contributed by atoms with Crippen LogP contribution >= 0.6 is 38.4 Å². The van der Waals surface area contributed by atoms with E-state index in [4.69, 9.17) is 32.2 Å². The zero-order valence-electron chi connectivity index (χ0n) is 10.8. The Hall–Kier alpha value is 0.620. The smallest absolute Gasteiger partial charge is 0.353 e. The minimum Gasteiger partial charge on any atom is -0.811 e. The molecule has 0 fully saturated rings. The van der Waals surface area contributed by atoms with Gasteiger partial charge in [0.1, 0.15) is 0 Å². The summed E-state index contributed by atoms with van der Waals surface area (Å²) < 4.78 is 30.9. The number of halogens is 2. The van der Waals surface area contributed by atoms with Crippen molar-refractivity contribution < 1.29 is 28.0 Å². The van der Waals surface area contributed by atoms with E-state index in [1.807, 2.05) is 0 Å². The number of rotatable bonds is 8. The summed E-state index contributed by atoms with van der Waals surface area (Å²) in [5.74, 6) is 1.68. The zero-order chi connectivity index (χ0) is 15.5. The summed E-state index contributed by atoms with van der Waals surface area (Å²) in [5.41, 5.74) is -0.757. The Labute approximate surface area is 123 Å². The lowest BCUT2D eigenvalue weighted by Crippen LogP contribution is -2.21. The summed E-state index contributed by atoms with van der Waals surface area (Å²) >= 11 is 10.7. The van der Waals surface area contributed by atoms with Gasteiger partial charge >= 0.3 is 7.60 Å². The Morgan fingerprint density at radius 3 is 1.63 bits per heavy atom. The maximum atomic E-state index is 11.4. The fraction of sp³-hybridized carbons (Fsp3) is 0.778. The van der Waals surface area contributed by atoms with Gasteiger partial charge in [-0.15, -0.1) is 23.2 Å². The highest BCUT2D eigenvalue weighted by atomic mass is 35.5. The molecule has 6 nitrogen and oxygen atoms in total. The third-order valence-electron chi connectivity index (χ3n) is 1.55. The highest BCUT2D eigenvalue weighted by Gasteiger charge is 2.18. The quantitative estimate of drug-likeness (QED) is 0.489. The van der Waals surface area contributed by atoms with Gasteiger partial charge in [-0.05, 0) is 5.66 Å². The molecule has 0 rings (SSSR count). The molecule has 0 saturated heterocycles. The van der Waals surface area contributed by atoms with Crippen LogP contribution < -0.4 is 9.79 Å². The van der Waals surface area contributed by atoms with Gasteiger partial charge in [0.25, 0.3) is 0 Å². The molecule has 0 unspecified atom stereocenters. The van der Waals surface area contributed by atoms with Crippen molar-refractivity contribution in [2.24, 2.45) is 0 Å². The number of hydrogen-bond donors (Lipinski definition) is 0. The van der Waals surface area contributed by atoms with Crippen LogP contribution in [-0.4, -0.2) is 30.6 Å². The van der Waals surface area contributed by atoms with Crippen molar-refractivity contribution >= 4 is 38.4 Å². The molecule has 0 amide bonds. The second kappa shape index (κ2) is 11.3. The van der Waals surface area contributed by atoms with Gasteiger partial charge in [0, 0.05) is 17.6 Å². The van der Waals surface area contributed by atoms with Crippen molar-refractivity contribution in [3.63, 3.8) is 0 Å². The summed E-state index contributed by atoms with van der Waals surface area (Å²) in [7, 11) is -7.38. The van der Waals surface area contributed by atoms with Crippen molar-refractivity contribution in [2.75, 3.05) is 25.0 Å². The van der Waals surface area contributed by atoms with Crippen LogP contribution in [0.15, 0.2) is 12.4 Å². The van der Waals surface area contributed by atoms with Crippen molar-refractivity contribution in [2.45, 2.75) is 19.5 Å². The minimum absolute atomic E-state index is 0.174. The molecule has 0 spiro atoms. The van der Waals surface area contributed by atoms with Crippen LogP contribution in [0.25, 0.3) is 0 Å². The minimum atomic E-state index is -4.24. The van der Waals surface area contributed by atoms with E-state index in [9.17, 15) is 18.9 Å². The second-order valence-electron chi connectivity index (χ2n) is 3.40. The van der Waals surface area contributed by atoms with E-state index in [-0.39, 0.29) is 25.0 Å². The topological polar surface area (TPSA) is 98.7 Å². The van der Waals surface area contributed by atoms with Crippen LogP contribution in [0.3, 0.4) is 0 Å². The molecule has 0 aromatic rings. The van der Waals surface area contributed by atoms with Crippen molar-refractivity contribution in [3.05, 3.63) is 12.4 Å². The predicted octanol–water partition coefficient (Wildman–Crippen LogP) is 2.14. The van der Waals surface area contributed by atoms with Crippen molar-refractivity contribution in [1.29, 1.82) is 0 Å². The Kier molecular flexibility index (Phi) is 13.0. The molecule has 0 aliphatic carbocycles. The van der Waals surface area contributed by atoms with E-state index in [0.717, 1.165) is 5.82 Å². The first-order chi connectivity index (χ1) is 8.63. The first kappa shape index (κ1) is 21.9. The van der Waals surface area contributed by atoms with Gasteiger partial charge in [-0.25, -0.2) is 0 Å². The Morgan fingerprint density at radius 2 is 1.47 bits per heavy atom. The lowest BCUT2D eigenvalue weighted by atomic mass is 10.6. The van der Waals surface area contributed by atoms with E-state index in [0.29, 0.717) is 0 Å². The van der Waals surface area contributed by atoms with E-state index in [1.165, 1.54) is 13.8 Å². The molecule has 19 heavy (non-hydrogen) atoms. The number of hydrogen-bond acceptors (Lipinski definition) is 6. The van der Waals surface area contributed by atoms with Crippen LogP contribution in [0.4, 0.5) is 0 Å². The third-order valence-corrected chi connectivity index (χ3v) is 4.66.